The molecule has 0 aromatic carbocycles. The number of hydrogen-bond acceptors (Lipinski definition) is 1. The summed E-state index contributed by atoms with van der Waals surface area (Å²) in [6.07, 6.45) is 7.96. The summed E-state index contributed by atoms with van der Waals surface area (Å²) < 4.78 is 0. The SMILES string of the molecule is C=C/C=C(\C=PC=C)CC=NC=NCC. The largest absolute Gasteiger partial charge is 0.274 e. The van der Waals surface area contributed by atoms with E-state index in [1.165, 1.54) is 5.57 Å². The minimum absolute atomic E-state index is 0.772. The lowest BCUT2D eigenvalue weighted by atomic mass is 10.2. The maximum atomic E-state index is 4.05. The van der Waals surface area contributed by atoms with E-state index in [0.717, 1.165) is 21.2 Å². The first-order valence-corrected chi connectivity index (χ1v) is 5.84. The zero-order valence-electron chi connectivity index (χ0n) is 9.13. The Labute approximate surface area is 93.6 Å². The molecule has 0 rings (SSSR count). The highest BCUT2D eigenvalue weighted by molar-refractivity contribution is 7.42. The van der Waals surface area contributed by atoms with E-state index in [1.807, 2.05) is 25.0 Å². The Balaban J connectivity index is 4.18. The fourth-order valence-electron chi connectivity index (χ4n) is 0.798. The third-order valence-corrected chi connectivity index (χ3v) is 2.13. The van der Waals surface area contributed by atoms with Gasteiger partial charge in [-0.25, -0.2) is 4.99 Å². The molecule has 0 saturated heterocycles. The minimum Gasteiger partial charge on any atom is -0.274 e. The fourth-order valence-corrected chi connectivity index (χ4v) is 1.29. The van der Waals surface area contributed by atoms with Gasteiger partial charge >= 0.3 is 0 Å². The van der Waals surface area contributed by atoms with Crippen molar-refractivity contribution in [3.05, 3.63) is 36.7 Å². The Morgan fingerprint density at radius 2 is 2.20 bits per heavy atom. The summed E-state index contributed by atoms with van der Waals surface area (Å²) in [5, 5.41) is 0. The van der Waals surface area contributed by atoms with Gasteiger partial charge in [-0.15, -0.1) is 0 Å². The molecule has 0 aromatic rings. The minimum atomic E-state index is 0.772. The Hall–Kier alpha value is -1.27. The van der Waals surface area contributed by atoms with Crippen LogP contribution in [0, 0.1) is 0 Å². The highest BCUT2D eigenvalue weighted by Gasteiger charge is 1.86. The van der Waals surface area contributed by atoms with Crippen LogP contribution in [0.5, 0.6) is 0 Å². The number of aliphatic imine (C=N–C) groups is 2. The molecule has 0 spiro atoms. The molecule has 0 radical (unpaired) electrons. The highest BCUT2D eigenvalue weighted by atomic mass is 31.1. The van der Waals surface area contributed by atoms with Gasteiger partial charge in [0, 0.05) is 19.2 Å². The van der Waals surface area contributed by atoms with Gasteiger partial charge in [0.05, 0.1) is 0 Å². The molecule has 0 aliphatic rings. The van der Waals surface area contributed by atoms with Gasteiger partial charge in [-0.1, -0.05) is 33.5 Å². The molecular weight excluding hydrogens is 203 g/mol. The van der Waals surface area contributed by atoms with Crippen LogP contribution in [0.4, 0.5) is 0 Å². The first-order chi connectivity index (χ1) is 7.35. The normalized spacial score (nSPS) is 13.0. The van der Waals surface area contributed by atoms with Crippen LogP contribution in [0.1, 0.15) is 13.3 Å². The van der Waals surface area contributed by atoms with Crippen molar-refractivity contribution in [1.82, 2.24) is 0 Å². The van der Waals surface area contributed by atoms with Crippen LogP contribution >= 0.6 is 8.20 Å². The smallest absolute Gasteiger partial charge is 0.109 e. The Morgan fingerprint density at radius 3 is 2.80 bits per heavy atom. The van der Waals surface area contributed by atoms with E-state index in [9.17, 15) is 0 Å². The maximum absolute atomic E-state index is 4.05. The first-order valence-electron chi connectivity index (χ1n) is 4.80. The summed E-state index contributed by atoms with van der Waals surface area (Å²) in [5.74, 6) is 3.92. The van der Waals surface area contributed by atoms with Crippen molar-refractivity contribution >= 4 is 26.6 Å². The van der Waals surface area contributed by atoms with Crippen molar-refractivity contribution in [3.63, 3.8) is 0 Å². The third kappa shape index (κ3) is 9.04. The predicted molar refractivity (Wildman–Crippen MR) is 73.6 cm³/mol. The number of rotatable bonds is 7. The lowest BCUT2D eigenvalue weighted by molar-refractivity contribution is 1.13. The molecule has 0 unspecified atom stereocenters. The van der Waals surface area contributed by atoms with Crippen LogP contribution < -0.4 is 0 Å². The predicted octanol–water partition coefficient (Wildman–Crippen LogP) is 3.50. The molecule has 2 nitrogen and oxygen atoms in total. The second kappa shape index (κ2) is 10.8. The average Bonchev–Trinajstić information content (AvgIpc) is 2.25. The molecule has 0 aliphatic heterocycles. The van der Waals surface area contributed by atoms with Crippen LogP contribution in [0.2, 0.25) is 0 Å². The molecule has 80 valence electrons. The zero-order valence-corrected chi connectivity index (χ0v) is 10.0. The van der Waals surface area contributed by atoms with Crippen LogP contribution in [0.15, 0.2) is 46.7 Å². The molecule has 0 saturated carbocycles. The molecule has 0 fully saturated rings. The third-order valence-electron chi connectivity index (χ3n) is 1.44. The van der Waals surface area contributed by atoms with Gasteiger partial charge < -0.3 is 0 Å². The number of allylic oxidation sites excluding steroid dienone is 3. The van der Waals surface area contributed by atoms with Gasteiger partial charge in [-0.05, 0) is 24.1 Å². The summed E-state index contributed by atoms with van der Waals surface area (Å²) in [4.78, 5) is 8.04. The van der Waals surface area contributed by atoms with Gasteiger partial charge in [0.2, 0.25) is 0 Å². The summed E-state index contributed by atoms with van der Waals surface area (Å²) in [7, 11) is 1.10. The van der Waals surface area contributed by atoms with E-state index >= 15 is 0 Å². The highest BCUT2D eigenvalue weighted by Crippen LogP contribution is 2.03. The Morgan fingerprint density at radius 1 is 1.40 bits per heavy atom. The number of hydrogen-bond donors (Lipinski definition) is 0. The number of nitrogens with zero attached hydrogens (tertiary/aromatic N) is 2. The second-order valence-electron chi connectivity index (χ2n) is 2.59. The van der Waals surface area contributed by atoms with Gasteiger partial charge in [0.15, 0.2) is 0 Å². The monoisotopic (exact) mass is 220 g/mol. The van der Waals surface area contributed by atoms with Gasteiger partial charge in [0.1, 0.15) is 6.34 Å². The van der Waals surface area contributed by atoms with Crippen LogP contribution in [-0.2, 0) is 0 Å². The standard InChI is InChI=1S/C12H17N2P/c1-4-7-12(10-15-6-3)8-9-14-11-13-5-2/h4,6-7,9-11H,1,3,5,8H2,2H3/b12-7-,13-11?,14-9?. The summed E-state index contributed by atoms with van der Waals surface area (Å²) in [5.41, 5.74) is 1.18. The summed E-state index contributed by atoms with van der Waals surface area (Å²) in [6.45, 7) is 10.1. The van der Waals surface area contributed by atoms with Gasteiger partial charge in [-0.2, -0.15) is 0 Å². The molecule has 0 aliphatic carbocycles. The molecule has 15 heavy (non-hydrogen) atoms. The molecule has 0 amide bonds. The van der Waals surface area contributed by atoms with Crippen molar-refractivity contribution in [1.29, 1.82) is 0 Å². The molecule has 0 aromatic heterocycles. The molecule has 3 heteroatoms. The van der Waals surface area contributed by atoms with Crippen molar-refractivity contribution in [2.75, 3.05) is 6.54 Å². The van der Waals surface area contributed by atoms with E-state index in [0.29, 0.717) is 0 Å². The van der Waals surface area contributed by atoms with Crippen LogP contribution in [-0.4, -0.2) is 24.9 Å². The lowest BCUT2D eigenvalue weighted by Gasteiger charge is -1.92. The maximum Gasteiger partial charge on any atom is 0.109 e. The van der Waals surface area contributed by atoms with Crippen molar-refractivity contribution in [2.45, 2.75) is 13.3 Å². The average molecular weight is 220 g/mol. The Bertz CT molecular complexity index is 299. The fraction of sp³-hybridized carbons (Fsp3) is 0.250. The van der Waals surface area contributed by atoms with Gasteiger partial charge in [-0.3, -0.25) is 4.99 Å². The van der Waals surface area contributed by atoms with Crippen molar-refractivity contribution < 1.29 is 0 Å². The topological polar surface area (TPSA) is 24.7 Å². The van der Waals surface area contributed by atoms with E-state index in [4.69, 9.17) is 0 Å². The van der Waals surface area contributed by atoms with E-state index in [1.54, 1.807) is 12.4 Å². The van der Waals surface area contributed by atoms with E-state index in [-0.39, 0.29) is 0 Å². The van der Waals surface area contributed by atoms with Crippen molar-refractivity contribution in [2.24, 2.45) is 9.98 Å². The molecule has 0 atom stereocenters. The quantitative estimate of drug-likeness (QED) is 0.271. The zero-order chi connectivity index (χ0) is 11.4. The van der Waals surface area contributed by atoms with Crippen LogP contribution in [0.3, 0.4) is 0 Å². The van der Waals surface area contributed by atoms with Crippen LogP contribution in [0.25, 0.3) is 0 Å². The molecule has 0 heterocycles. The molecule has 0 bridgehead atoms. The summed E-state index contributed by atoms with van der Waals surface area (Å²) >= 11 is 0. The second-order valence-corrected chi connectivity index (χ2v) is 3.51. The van der Waals surface area contributed by atoms with E-state index < -0.39 is 0 Å². The Kier molecular flexibility index (Phi) is 9.89. The van der Waals surface area contributed by atoms with E-state index in [2.05, 4.69) is 28.9 Å². The summed E-state index contributed by atoms with van der Waals surface area (Å²) in [6, 6.07) is 0. The molecule has 0 N–H and O–H groups in total. The van der Waals surface area contributed by atoms with Crippen molar-refractivity contribution in [3.8, 4) is 0 Å². The molecular formula is C12H17N2P. The van der Waals surface area contributed by atoms with Gasteiger partial charge in [0.25, 0.3) is 0 Å². The first kappa shape index (κ1) is 13.7. The lowest BCUT2D eigenvalue weighted by Crippen LogP contribution is -1.85.